The van der Waals surface area contributed by atoms with Crippen molar-refractivity contribution in [3.63, 3.8) is 0 Å². The Kier molecular flexibility index (Phi) is 19.6. The number of hydrogen-bond donors (Lipinski definition) is 0. The normalized spacial score (nSPS) is 50.1. The monoisotopic (exact) mass is 1020 g/mol. The molecular formula is C74H128. The summed E-state index contributed by atoms with van der Waals surface area (Å²) in [4.78, 5) is 0. The molecule has 0 bridgehead atoms. The summed E-state index contributed by atoms with van der Waals surface area (Å²) in [6.45, 7) is 73.8. The van der Waals surface area contributed by atoms with Crippen LogP contribution in [-0.4, -0.2) is 0 Å². The molecule has 0 aliphatic heterocycles. The van der Waals surface area contributed by atoms with Gasteiger partial charge in [-0.2, -0.15) is 0 Å². The molecule has 7 fully saturated rings. The second kappa shape index (κ2) is 22.9. The van der Waals surface area contributed by atoms with Gasteiger partial charge in [0.25, 0.3) is 0 Å². The first kappa shape index (κ1) is 63.3. The molecule has 0 heteroatoms. The topological polar surface area (TPSA) is 0 Å². The number of fused-ring (bicyclic) bond motifs is 1. The van der Waals surface area contributed by atoms with E-state index in [1.54, 1.807) is 16.7 Å². The van der Waals surface area contributed by atoms with Gasteiger partial charge in [0.15, 0.2) is 0 Å². The van der Waals surface area contributed by atoms with Crippen molar-refractivity contribution in [2.24, 2.45) is 178 Å². The molecule has 74 heavy (non-hydrogen) atoms. The van der Waals surface area contributed by atoms with Gasteiger partial charge < -0.3 is 0 Å². The molecule has 0 nitrogen and oxygen atoms in total. The third-order valence-corrected chi connectivity index (χ3v) is 29.1. The number of hydrogen-bond acceptors (Lipinski definition) is 0. The van der Waals surface area contributed by atoms with Crippen molar-refractivity contribution in [1.29, 1.82) is 0 Å². The lowest BCUT2D eigenvalue weighted by Gasteiger charge is -2.61. The van der Waals surface area contributed by atoms with Crippen LogP contribution in [0.15, 0.2) is 66.9 Å². The molecular weight excluding hydrogens is 889 g/mol. The van der Waals surface area contributed by atoms with Crippen molar-refractivity contribution in [2.75, 3.05) is 0 Å². The molecule has 0 saturated heterocycles. The Labute approximate surface area is 464 Å². The zero-order valence-corrected chi connectivity index (χ0v) is 53.3. The fourth-order valence-corrected chi connectivity index (χ4v) is 21.8. The first-order chi connectivity index (χ1) is 33.3. The van der Waals surface area contributed by atoms with Gasteiger partial charge in [0.05, 0.1) is 0 Å². The second-order valence-electron chi connectivity index (χ2n) is 30.0. The Morgan fingerprint density at radius 3 is 0.486 bits per heavy atom. The maximum Gasteiger partial charge on any atom is 0.0356 e. The van der Waals surface area contributed by atoms with Crippen LogP contribution in [0.2, 0.25) is 0 Å². The summed E-state index contributed by atoms with van der Waals surface area (Å²) in [6.07, 6.45) is 0. The van der Waals surface area contributed by atoms with Crippen molar-refractivity contribution in [3.05, 3.63) is 66.9 Å². The van der Waals surface area contributed by atoms with E-state index in [0.29, 0.717) is 5.92 Å². The molecule has 7 saturated carbocycles. The summed E-state index contributed by atoms with van der Waals surface area (Å²) in [7, 11) is 0. The van der Waals surface area contributed by atoms with Crippen LogP contribution < -0.4 is 0 Å². The molecule has 0 heterocycles. The van der Waals surface area contributed by atoms with Crippen molar-refractivity contribution in [3.8, 4) is 0 Å². The Balaban J connectivity index is 0.000000189. The summed E-state index contributed by atoms with van der Waals surface area (Å²) in [5.41, 5.74) is 18.1. The lowest BCUT2D eigenvalue weighted by molar-refractivity contribution is -0.138. The average Bonchev–Trinajstić information content (AvgIpc) is 3.83. The van der Waals surface area contributed by atoms with E-state index < -0.39 is 0 Å². The van der Waals surface area contributed by atoms with Crippen molar-refractivity contribution >= 4 is 0 Å². The van der Waals surface area contributed by atoms with Gasteiger partial charge in [-0.1, -0.05) is 160 Å². The summed E-state index contributed by atoms with van der Waals surface area (Å²) in [5, 5.41) is 0. The molecule has 0 N–H and O–H groups in total. The zero-order chi connectivity index (χ0) is 54.2. The van der Waals surface area contributed by atoms with E-state index in [4.69, 9.17) is 0 Å². The molecule has 10 aliphatic rings. The van der Waals surface area contributed by atoms with E-state index in [2.05, 4.69) is 208 Å². The van der Waals surface area contributed by atoms with Crippen LogP contribution in [0.25, 0.3) is 0 Å². The average molecular weight is 1020 g/mol. The second-order valence-corrected chi connectivity index (χ2v) is 30.0. The highest BCUT2D eigenvalue weighted by atomic mass is 14.7. The highest BCUT2D eigenvalue weighted by Gasteiger charge is 2.67. The van der Waals surface area contributed by atoms with Gasteiger partial charge in [-0.25, -0.2) is 0 Å². The van der Waals surface area contributed by atoms with Gasteiger partial charge in [0.2, 0.25) is 0 Å². The van der Waals surface area contributed by atoms with Gasteiger partial charge in [-0.05, 0) is 301 Å². The van der Waals surface area contributed by atoms with Gasteiger partial charge >= 0.3 is 0 Å². The van der Waals surface area contributed by atoms with E-state index in [1.165, 1.54) is 50.2 Å². The van der Waals surface area contributed by atoms with Crippen LogP contribution in [0.1, 0.15) is 223 Å². The summed E-state index contributed by atoms with van der Waals surface area (Å²) in [5.74, 6) is 28.1. The van der Waals surface area contributed by atoms with Gasteiger partial charge in [-0.3, -0.25) is 0 Å². The SMILES string of the molecule is C.C.CC1=C(C)C2=C(C)C(C)=C(C)C3=C(C)C(C)=C(C)C(=C1C)C23.CC1C(C)C(C)C(C)C1C.CC1C(C)C(C)C2C(C)C(C)C(C)C2C1C.CC1C(C)C2C(C)C(C)C3C(C)C(C)C(C)C4C(C)C(C1C)C2C34. The Hall–Kier alpha value is -1.56. The summed E-state index contributed by atoms with van der Waals surface area (Å²) >= 11 is 0. The molecule has 0 aromatic heterocycles. The first-order valence-corrected chi connectivity index (χ1v) is 31.5. The van der Waals surface area contributed by atoms with Crippen LogP contribution in [0.4, 0.5) is 0 Å². The van der Waals surface area contributed by atoms with Crippen LogP contribution >= 0.6 is 0 Å². The Morgan fingerprint density at radius 2 is 0.284 bits per heavy atom. The largest absolute Gasteiger partial charge is 0.0776 e. The van der Waals surface area contributed by atoms with Crippen molar-refractivity contribution < 1.29 is 0 Å². The first-order valence-electron chi connectivity index (χ1n) is 31.5. The smallest absolute Gasteiger partial charge is 0.0356 e. The van der Waals surface area contributed by atoms with Crippen LogP contribution in [0.5, 0.6) is 0 Å². The van der Waals surface area contributed by atoms with E-state index in [-0.39, 0.29) is 14.9 Å². The summed E-state index contributed by atoms with van der Waals surface area (Å²) < 4.78 is 0. The predicted molar refractivity (Wildman–Crippen MR) is 331 cm³/mol. The van der Waals surface area contributed by atoms with Crippen molar-refractivity contribution in [1.82, 2.24) is 0 Å². The third-order valence-electron chi connectivity index (χ3n) is 29.1. The van der Waals surface area contributed by atoms with Crippen LogP contribution in [0.3, 0.4) is 0 Å². The standard InChI is InChI=1S/C24H42.C22H28.C16H30.C10H20.2CH4/c1-10-12(3)19-16(7)17(8)20-13(4)11(2)15(6)22-18(9)21(14(10)5)23(19)24(20)22;1-10-13(4)19-15(6)11(2)17(8)21-18(9)12(3)16(7)20(14(10)5)22(19)21;1-8-9(2)12(5)16-14(7)10(3)13(6)15(16)11(8)4;1-6-7(2)9(4)10(5)8(6)3;;/h10-24H,1-9H3;22H,1-9H3;8-16H,1-7H3;6-10H,1-5H3;2*1H4. The minimum atomic E-state index is 0. The molecule has 0 aromatic carbocycles. The fourth-order valence-electron chi connectivity index (χ4n) is 21.8. The van der Waals surface area contributed by atoms with Crippen LogP contribution in [-0.2, 0) is 0 Å². The number of rotatable bonds is 0. The van der Waals surface area contributed by atoms with Crippen LogP contribution in [0, 0.1) is 178 Å². The molecule has 0 spiro atoms. The predicted octanol–water partition coefficient (Wildman–Crippen LogP) is 22.2. The maximum atomic E-state index is 2.66. The Bertz CT molecular complexity index is 2000. The highest BCUT2D eigenvalue weighted by molar-refractivity contribution is 5.73. The number of allylic oxidation sites excluding steroid dienone is 12. The molecule has 0 amide bonds. The molecule has 424 valence electrons. The third kappa shape index (κ3) is 9.37. The molecule has 22 unspecified atom stereocenters. The van der Waals surface area contributed by atoms with Gasteiger partial charge in [0.1, 0.15) is 0 Å². The zero-order valence-electron chi connectivity index (χ0n) is 53.3. The van der Waals surface area contributed by atoms with Crippen molar-refractivity contribution in [2.45, 2.75) is 223 Å². The van der Waals surface area contributed by atoms with E-state index in [9.17, 15) is 0 Å². The molecule has 10 aliphatic carbocycles. The quantitative estimate of drug-likeness (QED) is 0.227. The van der Waals surface area contributed by atoms with E-state index in [0.717, 1.165) is 172 Å². The lowest BCUT2D eigenvalue weighted by Crippen LogP contribution is -2.57. The summed E-state index contributed by atoms with van der Waals surface area (Å²) in [6, 6.07) is 0. The van der Waals surface area contributed by atoms with Gasteiger partial charge in [0, 0.05) is 5.92 Å². The molecule has 22 atom stereocenters. The van der Waals surface area contributed by atoms with E-state index >= 15 is 0 Å². The minimum absolute atomic E-state index is 0. The fraction of sp³-hybridized carbons (Fsp3) is 0.838. The molecule has 0 radical (unpaired) electrons. The molecule has 10 rings (SSSR count). The highest BCUT2D eigenvalue weighted by Crippen LogP contribution is 2.72. The minimum Gasteiger partial charge on any atom is -0.0776 e. The van der Waals surface area contributed by atoms with Gasteiger partial charge in [-0.15, -0.1) is 0 Å². The van der Waals surface area contributed by atoms with E-state index in [1.807, 2.05) is 0 Å². The lowest BCUT2D eigenvalue weighted by atomic mass is 9.44. The maximum absolute atomic E-state index is 2.66. The molecule has 0 aromatic rings. The Morgan fingerprint density at radius 1 is 0.149 bits per heavy atom.